The molecule has 0 saturated carbocycles. The zero-order valence-electron chi connectivity index (χ0n) is 13.8. The molecule has 2 aliphatic rings. The Labute approximate surface area is 137 Å². The summed E-state index contributed by atoms with van der Waals surface area (Å²) >= 11 is 0. The third kappa shape index (κ3) is 1.79. The lowest BCUT2D eigenvalue weighted by atomic mass is 9.97. The van der Waals surface area contributed by atoms with E-state index in [1.165, 1.54) is 41.4 Å². The highest BCUT2D eigenvalue weighted by Gasteiger charge is 2.40. The molecule has 0 aliphatic carbocycles. The molecule has 2 aliphatic heterocycles. The molecule has 0 N–H and O–H groups in total. The number of hydrogen-bond donors (Lipinski definition) is 0. The van der Waals surface area contributed by atoms with Gasteiger partial charge in [-0.15, -0.1) is 0 Å². The molecule has 0 radical (unpaired) electrons. The molecule has 116 valence electrons. The van der Waals surface area contributed by atoms with E-state index in [0.717, 1.165) is 0 Å². The van der Waals surface area contributed by atoms with Crippen LogP contribution in [0.3, 0.4) is 0 Å². The van der Waals surface area contributed by atoms with Gasteiger partial charge in [-0.2, -0.15) is 0 Å². The number of hydrogen-bond acceptors (Lipinski definition) is 1. The van der Waals surface area contributed by atoms with E-state index >= 15 is 0 Å². The average Bonchev–Trinajstić information content (AvgIpc) is 2.99. The fourth-order valence-electron chi connectivity index (χ4n) is 4.76. The Morgan fingerprint density at radius 1 is 1.00 bits per heavy atom. The summed E-state index contributed by atoms with van der Waals surface area (Å²) in [4.78, 5) is 2.61. The van der Waals surface area contributed by atoms with E-state index < -0.39 is 0 Å². The van der Waals surface area contributed by atoms with Crippen LogP contribution >= 0.6 is 0 Å². The van der Waals surface area contributed by atoms with Gasteiger partial charge < -0.3 is 4.57 Å². The lowest BCUT2D eigenvalue weighted by Gasteiger charge is -2.32. The van der Waals surface area contributed by atoms with Crippen LogP contribution in [0.5, 0.6) is 0 Å². The topological polar surface area (TPSA) is 8.17 Å². The van der Waals surface area contributed by atoms with Gasteiger partial charge in [-0.3, -0.25) is 4.90 Å². The summed E-state index contributed by atoms with van der Waals surface area (Å²) in [5, 5.41) is 1.46. The van der Waals surface area contributed by atoms with Crippen LogP contribution in [0.4, 0.5) is 0 Å². The minimum Gasteiger partial charge on any atom is -0.313 e. The summed E-state index contributed by atoms with van der Waals surface area (Å²) in [7, 11) is 2.31. The van der Waals surface area contributed by atoms with E-state index in [1.807, 2.05) is 0 Å². The second kappa shape index (κ2) is 4.72. The average molecular weight is 302 g/mol. The third-order valence-corrected chi connectivity index (χ3v) is 5.88. The summed E-state index contributed by atoms with van der Waals surface area (Å²) in [6.45, 7) is 2.20. The summed E-state index contributed by atoms with van der Waals surface area (Å²) in [5.74, 6) is 0. The van der Waals surface area contributed by atoms with E-state index in [2.05, 4.69) is 72.0 Å². The van der Waals surface area contributed by atoms with Crippen LogP contribution in [-0.2, 0) is 6.42 Å². The van der Waals surface area contributed by atoms with Crippen molar-refractivity contribution in [1.29, 1.82) is 0 Å². The van der Waals surface area contributed by atoms with Gasteiger partial charge in [-0.25, -0.2) is 0 Å². The Kier molecular flexibility index (Phi) is 2.75. The SMILES string of the molecule is Cc1ccc2c(c1)c1c(n2-c2ccccc2)CC2CCC1N2C. The van der Waals surface area contributed by atoms with Crippen molar-refractivity contribution in [3.63, 3.8) is 0 Å². The number of likely N-dealkylation sites (N-methyl/N-ethyl adjacent to an activating group) is 1. The predicted octanol–water partition coefficient (Wildman–Crippen LogP) is 4.63. The van der Waals surface area contributed by atoms with Gasteiger partial charge in [0.1, 0.15) is 0 Å². The van der Waals surface area contributed by atoms with Crippen molar-refractivity contribution in [2.75, 3.05) is 7.05 Å². The summed E-state index contributed by atoms with van der Waals surface area (Å²) in [5.41, 5.74) is 7.15. The molecule has 23 heavy (non-hydrogen) atoms. The zero-order chi connectivity index (χ0) is 15.6. The lowest BCUT2D eigenvalue weighted by molar-refractivity contribution is 0.223. The molecule has 1 fully saturated rings. The first-order valence-corrected chi connectivity index (χ1v) is 8.65. The molecule has 3 aromatic rings. The maximum Gasteiger partial charge on any atom is 0.0535 e. The van der Waals surface area contributed by atoms with Crippen LogP contribution < -0.4 is 0 Å². The van der Waals surface area contributed by atoms with E-state index in [1.54, 1.807) is 11.3 Å². The van der Waals surface area contributed by atoms with Gasteiger partial charge in [0.25, 0.3) is 0 Å². The fraction of sp³-hybridized carbons (Fsp3) is 0.333. The van der Waals surface area contributed by atoms with Gasteiger partial charge in [0.15, 0.2) is 0 Å². The molecule has 2 bridgehead atoms. The first kappa shape index (κ1) is 13.4. The second-order valence-electron chi connectivity index (χ2n) is 7.17. The highest BCUT2D eigenvalue weighted by Crippen LogP contribution is 2.47. The molecule has 2 nitrogen and oxygen atoms in total. The van der Waals surface area contributed by atoms with Crippen LogP contribution in [0.15, 0.2) is 48.5 Å². The van der Waals surface area contributed by atoms with Crippen LogP contribution in [0.1, 0.15) is 35.7 Å². The minimum absolute atomic E-state index is 0.595. The fourth-order valence-corrected chi connectivity index (χ4v) is 4.76. The van der Waals surface area contributed by atoms with Gasteiger partial charge in [0.2, 0.25) is 0 Å². The van der Waals surface area contributed by atoms with Crippen molar-refractivity contribution >= 4 is 10.9 Å². The smallest absolute Gasteiger partial charge is 0.0535 e. The quantitative estimate of drug-likeness (QED) is 0.636. The Hall–Kier alpha value is -2.06. The van der Waals surface area contributed by atoms with Gasteiger partial charge in [0, 0.05) is 35.3 Å². The summed E-state index contributed by atoms with van der Waals surface area (Å²) in [6.07, 6.45) is 3.80. The van der Waals surface area contributed by atoms with Crippen LogP contribution in [0.25, 0.3) is 16.6 Å². The zero-order valence-corrected chi connectivity index (χ0v) is 13.8. The Bertz CT molecular complexity index is 891. The van der Waals surface area contributed by atoms with Crippen LogP contribution in [0.2, 0.25) is 0 Å². The Morgan fingerprint density at radius 2 is 1.83 bits per heavy atom. The molecule has 3 heterocycles. The molecule has 1 saturated heterocycles. The van der Waals surface area contributed by atoms with Crippen LogP contribution in [0, 0.1) is 6.92 Å². The number of nitrogens with zero attached hydrogens (tertiary/aromatic N) is 2. The number of aromatic nitrogens is 1. The van der Waals surface area contributed by atoms with Crippen molar-refractivity contribution in [3.8, 4) is 5.69 Å². The molecule has 2 atom stereocenters. The normalized spacial score (nSPS) is 23.4. The maximum atomic E-state index is 2.61. The molecule has 2 aromatic carbocycles. The van der Waals surface area contributed by atoms with Crippen molar-refractivity contribution in [2.24, 2.45) is 0 Å². The number of aryl methyl sites for hydroxylation is 1. The Morgan fingerprint density at radius 3 is 2.65 bits per heavy atom. The molecule has 0 amide bonds. The largest absolute Gasteiger partial charge is 0.313 e. The van der Waals surface area contributed by atoms with Gasteiger partial charge >= 0.3 is 0 Å². The van der Waals surface area contributed by atoms with E-state index in [0.29, 0.717) is 12.1 Å². The molecular weight excluding hydrogens is 280 g/mol. The predicted molar refractivity (Wildman–Crippen MR) is 95.2 cm³/mol. The molecule has 2 unspecified atom stereocenters. The van der Waals surface area contributed by atoms with Crippen molar-refractivity contribution < 1.29 is 0 Å². The Balaban J connectivity index is 1.88. The highest BCUT2D eigenvalue weighted by atomic mass is 15.2. The minimum atomic E-state index is 0.595. The van der Waals surface area contributed by atoms with Gasteiger partial charge in [0.05, 0.1) is 5.52 Å². The van der Waals surface area contributed by atoms with E-state index in [4.69, 9.17) is 0 Å². The monoisotopic (exact) mass is 302 g/mol. The molecule has 0 spiro atoms. The highest BCUT2D eigenvalue weighted by molar-refractivity contribution is 5.89. The summed E-state index contributed by atoms with van der Waals surface area (Å²) < 4.78 is 2.52. The number of para-hydroxylation sites is 1. The second-order valence-corrected chi connectivity index (χ2v) is 7.17. The molecule has 5 rings (SSSR count). The van der Waals surface area contributed by atoms with Crippen LogP contribution in [-0.4, -0.2) is 22.6 Å². The van der Waals surface area contributed by atoms with E-state index in [-0.39, 0.29) is 0 Å². The third-order valence-electron chi connectivity index (χ3n) is 5.88. The number of fused-ring (bicyclic) bond motifs is 6. The summed E-state index contributed by atoms with van der Waals surface area (Å²) in [6, 6.07) is 19.1. The molecule has 2 heteroatoms. The number of benzene rings is 2. The standard InChI is InChI=1S/C21H22N2/c1-14-8-10-18-17(12-14)21-19-11-9-16(22(19)2)13-20(21)23(18)15-6-4-3-5-7-15/h3-8,10,12,16,19H,9,11,13H2,1-2H3. The number of rotatable bonds is 1. The lowest BCUT2D eigenvalue weighted by Crippen LogP contribution is -2.34. The van der Waals surface area contributed by atoms with Crippen molar-refractivity contribution in [3.05, 3.63) is 65.4 Å². The van der Waals surface area contributed by atoms with E-state index in [9.17, 15) is 0 Å². The first-order chi connectivity index (χ1) is 11.2. The van der Waals surface area contributed by atoms with Crippen molar-refractivity contribution in [2.45, 2.75) is 38.3 Å². The molecular formula is C21H22N2. The van der Waals surface area contributed by atoms with Gasteiger partial charge in [-0.1, -0.05) is 29.8 Å². The van der Waals surface area contributed by atoms with Crippen molar-refractivity contribution in [1.82, 2.24) is 9.47 Å². The maximum absolute atomic E-state index is 2.61. The molecule has 1 aromatic heterocycles. The first-order valence-electron chi connectivity index (χ1n) is 8.65. The van der Waals surface area contributed by atoms with Gasteiger partial charge in [-0.05, 0) is 56.6 Å².